The first-order valence-electron chi connectivity index (χ1n) is 9.02. The molecule has 0 spiro atoms. The second-order valence-corrected chi connectivity index (χ2v) is 6.58. The number of nitrogens with one attached hydrogen (secondary N) is 1. The number of hydrogen-bond donors (Lipinski definition) is 1. The molecule has 1 aliphatic rings. The van der Waals surface area contributed by atoms with Crippen molar-refractivity contribution < 1.29 is 23.2 Å². The lowest BCUT2D eigenvalue weighted by Gasteiger charge is -2.33. The Morgan fingerprint density at radius 2 is 2.21 bits per heavy atom. The quantitative estimate of drug-likeness (QED) is 0.649. The molecule has 3 heterocycles. The van der Waals surface area contributed by atoms with Crippen molar-refractivity contribution in [1.82, 2.24) is 25.0 Å². The normalized spacial score (nSPS) is 15.8. The fourth-order valence-corrected chi connectivity index (χ4v) is 3.31. The highest BCUT2D eigenvalue weighted by atomic mass is 19.1. The van der Waals surface area contributed by atoms with E-state index in [9.17, 15) is 14.0 Å². The van der Waals surface area contributed by atoms with Crippen LogP contribution in [-0.2, 0) is 33.7 Å². The van der Waals surface area contributed by atoms with E-state index < -0.39 is 17.8 Å². The lowest BCUT2D eigenvalue weighted by atomic mass is 10.0. The highest BCUT2D eigenvalue weighted by molar-refractivity contribution is 5.85. The van der Waals surface area contributed by atoms with Crippen LogP contribution in [0.5, 0.6) is 0 Å². The van der Waals surface area contributed by atoms with Crippen LogP contribution in [-0.4, -0.2) is 50.0 Å². The van der Waals surface area contributed by atoms with Crippen molar-refractivity contribution in [3.63, 3.8) is 0 Å². The third kappa shape index (κ3) is 3.73. The van der Waals surface area contributed by atoms with Gasteiger partial charge in [0, 0.05) is 19.3 Å². The molecular weight excluding hydrogens is 381 g/mol. The number of fused-ring (bicyclic) bond motifs is 1. The zero-order chi connectivity index (χ0) is 20.4. The minimum Gasteiger partial charge on any atom is -0.467 e. The molecule has 0 saturated heterocycles. The zero-order valence-corrected chi connectivity index (χ0v) is 15.6. The van der Waals surface area contributed by atoms with Crippen LogP contribution in [0.3, 0.4) is 0 Å². The molecule has 0 fully saturated rings. The largest absolute Gasteiger partial charge is 0.467 e. The van der Waals surface area contributed by atoms with E-state index in [-0.39, 0.29) is 49.0 Å². The number of halogens is 1. The number of aromatic nitrogens is 4. The van der Waals surface area contributed by atoms with E-state index in [1.165, 1.54) is 24.4 Å². The highest BCUT2D eigenvalue weighted by Crippen LogP contribution is 2.23. The van der Waals surface area contributed by atoms with E-state index in [1.54, 1.807) is 18.2 Å². The molecule has 1 aromatic carbocycles. The first-order valence-corrected chi connectivity index (χ1v) is 9.02. The van der Waals surface area contributed by atoms with E-state index >= 15 is 0 Å². The van der Waals surface area contributed by atoms with Crippen molar-refractivity contribution in [2.75, 3.05) is 7.11 Å². The van der Waals surface area contributed by atoms with Crippen LogP contribution >= 0.6 is 0 Å². The lowest BCUT2D eigenvalue weighted by molar-refractivity contribution is -0.154. The molecule has 9 nitrogen and oxygen atoms in total. The van der Waals surface area contributed by atoms with Crippen molar-refractivity contribution in [2.45, 2.75) is 31.8 Å². The fraction of sp³-hybridized carbons (Fsp3) is 0.316. The summed E-state index contributed by atoms with van der Waals surface area (Å²) in [6.45, 7) is 0.234. The summed E-state index contributed by atoms with van der Waals surface area (Å²) in [6.07, 6.45) is 2.04. The monoisotopic (exact) mass is 399 g/mol. The molecule has 2 aromatic heterocycles. The van der Waals surface area contributed by atoms with Gasteiger partial charge in [0.15, 0.2) is 0 Å². The Hall–Kier alpha value is -3.56. The maximum atomic E-state index is 13.9. The van der Waals surface area contributed by atoms with Gasteiger partial charge in [-0.2, -0.15) is 4.98 Å². The Balaban J connectivity index is 1.45. The third-order valence-electron chi connectivity index (χ3n) is 4.83. The van der Waals surface area contributed by atoms with Crippen LogP contribution in [0.25, 0.3) is 11.4 Å². The van der Waals surface area contributed by atoms with Gasteiger partial charge >= 0.3 is 5.97 Å². The number of amides is 1. The molecule has 10 heteroatoms. The lowest BCUT2D eigenvalue weighted by Crippen LogP contribution is -2.49. The molecule has 1 atom stereocenters. The predicted octanol–water partition coefficient (Wildman–Crippen LogP) is 1.66. The maximum absolute atomic E-state index is 13.9. The molecule has 0 bridgehead atoms. The number of benzene rings is 1. The number of esters is 1. The molecule has 150 valence electrons. The number of ether oxygens (including phenoxy) is 1. The fourth-order valence-electron chi connectivity index (χ4n) is 3.31. The summed E-state index contributed by atoms with van der Waals surface area (Å²) in [5.41, 5.74) is 1.76. The summed E-state index contributed by atoms with van der Waals surface area (Å²) < 4.78 is 23.8. The van der Waals surface area contributed by atoms with E-state index in [1.807, 2.05) is 0 Å². The first-order chi connectivity index (χ1) is 14.1. The Morgan fingerprint density at radius 3 is 3.00 bits per heavy atom. The summed E-state index contributed by atoms with van der Waals surface area (Å²) >= 11 is 0. The van der Waals surface area contributed by atoms with E-state index in [4.69, 9.17) is 9.26 Å². The minimum atomic E-state index is -0.736. The van der Waals surface area contributed by atoms with Gasteiger partial charge < -0.3 is 19.1 Å². The number of nitrogens with zero attached hydrogens (tertiary/aromatic N) is 4. The third-order valence-corrected chi connectivity index (χ3v) is 4.83. The van der Waals surface area contributed by atoms with Crippen molar-refractivity contribution >= 4 is 11.9 Å². The predicted molar refractivity (Wildman–Crippen MR) is 96.7 cm³/mol. The SMILES string of the molecule is COC(=O)C1Cc2nc[nH]c2CN1C(=O)CCc1nc(-c2ccccc2F)no1. The summed E-state index contributed by atoms with van der Waals surface area (Å²) in [6, 6.07) is 5.36. The van der Waals surface area contributed by atoms with Gasteiger partial charge in [0.1, 0.15) is 11.9 Å². The summed E-state index contributed by atoms with van der Waals surface area (Å²) in [7, 11) is 1.29. The Morgan fingerprint density at radius 1 is 1.38 bits per heavy atom. The van der Waals surface area contributed by atoms with Crippen LogP contribution in [0.4, 0.5) is 4.39 Å². The van der Waals surface area contributed by atoms with Crippen molar-refractivity contribution in [1.29, 1.82) is 0 Å². The first kappa shape index (κ1) is 18.8. The summed E-state index contributed by atoms with van der Waals surface area (Å²) in [5, 5.41) is 3.78. The molecule has 4 rings (SSSR count). The van der Waals surface area contributed by atoms with Crippen molar-refractivity contribution in [3.8, 4) is 11.4 Å². The van der Waals surface area contributed by atoms with Gasteiger partial charge in [-0.3, -0.25) is 4.79 Å². The second-order valence-electron chi connectivity index (χ2n) is 6.58. The number of hydrogen-bond acceptors (Lipinski definition) is 7. The molecule has 0 aliphatic carbocycles. The number of rotatable bonds is 5. The molecule has 0 radical (unpaired) electrons. The van der Waals surface area contributed by atoms with Gasteiger partial charge in [-0.15, -0.1) is 0 Å². The number of aromatic amines is 1. The van der Waals surface area contributed by atoms with E-state index in [0.717, 1.165) is 11.4 Å². The molecular formula is C19H18FN5O4. The average molecular weight is 399 g/mol. The van der Waals surface area contributed by atoms with Gasteiger partial charge in [-0.1, -0.05) is 17.3 Å². The molecule has 1 unspecified atom stereocenters. The van der Waals surface area contributed by atoms with Crippen LogP contribution < -0.4 is 0 Å². The smallest absolute Gasteiger partial charge is 0.329 e. The van der Waals surface area contributed by atoms with Gasteiger partial charge in [-0.05, 0) is 12.1 Å². The number of carbonyl (C=O) groups excluding carboxylic acids is 2. The molecule has 1 amide bonds. The Labute approximate surface area is 164 Å². The second kappa shape index (κ2) is 7.82. The molecule has 3 aromatic rings. The van der Waals surface area contributed by atoms with Gasteiger partial charge in [0.25, 0.3) is 0 Å². The molecule has 1 aliphatic heterocycles. The van der Waals surface area contributed by atoms with Crippen LogP contribution in [0.2, 0.25) is 0 Å². The minimum absolute atomic E-state index is 0.0515. The van der Waals surface area contributed by atoms with E-state index in [0.29, 0.717) is 0 Å². The Bertz CT molecular complexity index is 1050. The van der Waals surface area contributed by atoms with Crippen LogP contribution in [0, 0.1) is 5.82 Å². The van der Waals surface area contributed by atoms with Gasteiger partial charge in [0.2, 0.25) is 17.6 Å². The summed E-state index contributed by atoms with van der Waals surface area (Å²) in [4.78, 5) is 37.7. The van der Waals surface area contributed by atoms with Gasteiger partial charge in [0.05, 0.1) is 36.9 Å². The number of carbonyl (C=O) groups is 2. The van der Waals surface area contributed by atoms with Crippen LogP contribution in [0.1, 0.15) is 23.7 Å². The molecule has 29 heavy (non-hydrogen) atoms. The van der Waals surface area contributed by atoms with E-state index in [2.05, 4.69) is 20.1 Å². The maximum Gasteiger partial charge on any atom is 0.329 e. The number of methoxy groups -OCH3 is 1. The number of imidazole rings is 1. The Kier molecular flexibility index (Phi) is 5.07. The number of aryl methyl sites for hydroxylation is 1. The number of H-pyrrole nitrogens is 1. The topological polar surface area (TPSA) is 114 Å². The van der Waals surface area contributed by atoms with Gasteiger partial charge in [-0.25, -0.2) is 14.2 Å². The standard InChI is InChI=1S/C19H18FN5O4/c1-28-19(27)15-8-13-14(22-10-21-13)9-25(15)17(26)7-6-16-23-18(24-29-16)11-4-2-3-5-12(11)20/h2-5,10,15H,6-9H2,1H3,(H,21,22). The summed E-state index contributed by atoms with van der Waals surface area (Å²) in [5.74, 6) is -0.873. The average Bonchev–Trinajstić information content (AvgIpc) is 3.39. The van der Waals surface area contributed by atoms with Crippen LogP contribution in [0.15, 0.2) is 35.1 Å². The molecule has 0 saturated carbocycles. The van der Waals surface area contributed by atoms with Crippen molar-refractivity contribution in [2.24, 2.45) is 0 Å². The zero-order valence-electron chi connectivity index (χ0n) is 15.6. The highest BCUT2D eigenvalue weighted by Gasteiger charge is 2.36. The molecule has 1 N–H and O–H groups in total. The van der Waals surface area contributed by atoms with Crippen molar-refractivity contribution in [3.05, 3.63) is 53.7 Å².